The molecule has 0 aliphatic carbocycles. The molecule has 1 heterocycles. The van der Waals surface area contributed by atoms with E-state index in [-0.39, 0.29) is 0 Å². The number of carbonyl (C=O) groups excluding carboxylic acids is 1. The Labute approximate surface area is 69.4 Å². The standard InChI is InChI=1S/C8H8O4/c1-2-7(9)12-8(10)5-3-4-6-11-8/h2-6,10H,1H2. The fraction of sp³-hybridized carbons (Fsp3) is 0.125. The molecule has 4 nitrogen and oxygen atoms in total. The summed E-state index contributed by atoms with van der Waals surface area (Å²) in [5, 5.41) is 9.32. The first-order valence-electron chi connectivity index (χ1n) is 3.26. The van der Waals surface area contributed by atoms with Crippen LogP contribution in [0.25, 0.3) is 0 Å². The molecule has 1 unspecified atom stereocenters. The normalized spacial score (nSPS) is 26.1. The molecule has 1 N–H and O–H groups in total. The summed E-state index contributed by atoms with van der Waals surface area (Å²) in [7, 11) is 0. The number of aliphatic hydroxyl groups is 1. The van der Waals surface area contributed by atoms with E-state index in [1.807, 2.05) is 0 Å². The Bertz CT molecular complexity index is 254. The van der Waals surface area contributed by atoms with Gasteiger partial charge in [-0.1, -0.05) is 12.7 Å². The molecule has 1 aliphatic rings. The van der Waals surface area contributed by atoms with Gasteiger partial charge in [-0.25, -0.2) is 4.79 Å². The van der Waals surface area contributed by atoms with Crippen molar-refractivity contribution in [2.24, 2.45) is 0 Å². The highest BCUT2D eigenvalue weighted by Gasteiger charge is 2.29. The third-order valence-electron chi connectivity index (χ3n) is 1.15. The van der Waals surface area contributed by atoms with Crippen molar-refractivity contribution in [1.82, 2.24) is 0 Å². The Morgan fingerprint density at radius 2 is 2.42 bits per heavy atom. The van der Waals surface area contributed by atoms with Gasteiger partial charge in [0.05, 0.1) is 6.26 Å². The van der Waals surface area contributed by atoms with E-state index < -0.39 is 11.9 Å². The average molecular weight is 168 g/mol. The fourth-order valence-electron chi connectivity index (χ4n) is 0.642. The number of ether oxygens (including phenoxy) is 2. The van der Waals surface area contributed by atoms with Crippen LogP contribution in [-0.2, 0) is 14.3 Å². The first-order chi connectivity index (χ1) is 5.66. The highest BCUT2D eigenvalue weighted by atomic mass is 16.8. The van der Waals surface area contributed by atoms with Crippen molar-refractivity contribution in [3.8, 4) is 0 Å². The summed E-state index contributed by atoms with van der Waals surface area (Å²) in [6, 6.07) is 0. The highest BCUT2D eigenvalue weighted by molar-refractivity contribution is 5.81. The van der Waals surface area contributed by atoms with Crippen LogP contribution in [0, 0.1) is 0 Å². The Morgan fingerprint density at radius 1 is 1.67 bits per heavy atom. The smallest absolute Gasteiger partial charge is 0.393 e. The highest BCUT2D eigenvalue weighted by Crippen LogP contribution is 2.15. The molecule has 0 saturated carbocycles. The maximum atomic E-state index is 10.6. The van der Waals surface area contributed by atoms with E-state index in [1.165, 1.54) is 18.4 Å². The topological polar surface area (TPSA) is 55.8 Å². The summed E-state index contributed by atoms with van der Waals surface area (Å²) in [6.45, 7) is 3.17. The molecule has 1 rings (SSSR count). The van der Waals surface area contributed by atoms with Crippen molar-refractivity contribution in [3.63, 3.8) is 0 Å². The minimum absolute atomic E-state index is 0.752. The second-order valence-corrected chi connectivity index (χ2v) is 2.06. The molecule has 12 heavy (non-hydrogen) atoms. The summed E-state index contributed by atoms with van der Waals surface area (Å²) >= 11 is 0. The van der Waals surface area contributed by atoms with Crippen LogP contribution in [0.2, 0.25) is 0 Å². The van der Waals surface area contributed by atoms with Gasteiger partial charge in [0.25, 0.3) is 0 Å². The van der Waals surface area contributed by atoms with E-state index in [1.54, 1.807) is 6.08 Å². The molecule has 0 bridgehead atoms. The number of rotatable bonds is 2. The van der Waals surface area contributed by atoms with Gasteiger partial charge in [-0.2, -0.15) is 0 Å². The summed E-state index contributed by atoms with van der Waals surface area (Å²) in [6.07, 6.45) is 6.41. The fourth-order valence-corrected chi connectivity index (χ4v) is 0.642. The first kappa shape index (κ1) is 8.55. The minimum atomic E-state index is -1.99. The van der Waals surface area contributed by atoms with Gasteiger partial charge in [0.1, 0.15) is 0 Å². The molecular formula is C8H8O4. The van der Waals surface area contributed by atoms with Crippen molar-refractivity contribution >= 4 is 5.97 Å². The second-order valence-electron chi connectivity index (χ2n) is 2.06. The lowest BCUT2D eigenvalue weighted by Gasteiger charge is -2.23. The van der Waals surface area contributed by atoms with Crippen molar-refractivity contribution in [1.29, 1.82) is 0 Å². The van der Waals surface area contributed by atoms with Gasteiger partial charge in [0, 0.05) is 12.2 Å². The monoisotopic (exact) mass is 168 g/mol. The minimum Gasteiger partial charge on any atom is -0.435 e. The molecule has 0 amide bonds. The van der Waals surface area contributed by atoms with E-state index in [0.717, 1.165) is 6.08 Å². The molecular weight excluding hydrogens is 160 g/mol. The summed E-state index contributed by atoms with van der Waals surface area (Å²) in [5.74, 6) is -2.74. The third kappa shape index (κ3) is 1.96. The van der Waals surface area contributed by atoms with Gasteiger partial charge in [-0.15, -0.1) is 0 Å². The van der Waals surface area contributed by atoms with Crippen molar-refractivity contribution in [2.75, 3.05) is 0 Å². The molecule has 0 aromatic carbocycles. The molecule has 0 aromatic rings. The van der Waals surface area contributed by atoms with E-state index in [2.05, 4.69) is 16.1 Å². The molecule has 1 atom stereocenters. The van der Waals surface area contributed by atoms with Crippen LogP contribution in [0.3, 0.4) is 0 Å². The Hall–Kier alpha value is -1.55. The molecule has 1 aliphatic heterocycles. The summed E-state index contributed by atoms with van der Waals surface area (Å²) in [5.41, 5.74) is 0. The molecule has 0 radical (unpaired) electrons. The van der Waals surface area contributed by atoms with Gasteiger partial charge in [0.15, 0.2) is 0 Å². The maximum absolute atomic E-state index is 10.6. The van der Waals surface area contributed by atoms with Gasteiger partial charge >= 0.3 is 11.9 Å². The SMILES string of the molecule is C=CC(=O)OC1(O)C=CC=CO1. The van der Waals surface area contributed by atoms with E-state index >= 15 is 0 Å². The van der Waals surface area contributed by atoms with Crippen molar-refractivity contribution in [2.45, 2.75) is 5.97 Å². The van der Waals surface area contributed by atoms with Crippen molar-refractivity contribution in [3.05, 3.63) is 37.1 Å². The largest absolute Gasteiger partial charge is 0.435 e. The maximum Gasteiger partial charge on any atom is 0.393 e. The molecule has 0 saturated heterocycles. The molecule has 0 spiro atoms. The summed E-state index contributed by atoms with van der Waals surface area (Å²) in [4.78, 5) is 10.6. The lowest BCUT2D eigenvalue weighted by molar-refractivity contribution is -0.287. The zero-order valence-electron chi connectivity index (χ0n) is 6.27. The van der Waals surface area contributed by atoms with Gasteiger partial charge in [-0.3, -0.25) is 0 Å². The number of hydrogen-bond donors (Lipinski definition) is 1. The van der Waals surface area contributed by atoms with Crippen LogP contribution >= 0.6 is 0 Å². The lowest BCUT2D eigenvalue weighted by atomic mass is 10.4. The molecule has 4 heteroatoms. The Morgan fingerprint density at radius 3 is 2.92 bits per heavy atom. The van der Waals surface area contributed by atoms with Crippen LogP contribution in [0.5, 0.6) is 0 Å². The van der Waals surface area contributed by atoms with Gasteiger partial charge in [-0.05, 0) is 6.08 Å². The number of hydrogen-bond acceptors (Lipinski definition) is 4. The number of allylic oxidation sites excluding steroid dienone is 2. The van der Waals surface area contributed by atoms with Crippen LogP contribution in [0.4, 0.5) is 0 Å². The zero-order chi connectivity index (χ0) is 9.03. The van der Waals surface area contributed by atoms with Gasteiger partial charge < -0.3 is 14.6 Å². The Kier molecular flexibility index (Phi) is 2.30. The number of carbonyl (C=O) groups is 1. The lowest BCUT2D eigenvalue weighted by Crippen LogP contribution is -2.34. The van der Waals surface area contributed by atoms with E-state index in [4.69, 9.17) is 0 Å². The van der Waals surface area contributed by atoms with Gasteiger partial charge in [0.2, 0.25) is 0 Å². The van der Waals surface area contributed by atoms with Crippen LogP contribution in [0.1, 0.15) is 0 Å². The van der Waals surface area contributed by atoms with Crippen LogP contribution in [-0.4, -0.2) is 17.0 Å². The average Bonchev–Trinajstić information content (AvgIpc) is 2.05. The molecule has 64 valence electrons. The number of esters is 1. The van der Waals surface area contributed by atoms with Crippen LogP contribution in [0.15, 0.2) is 37.1 Å². The third-order valence-corrected chi connectivity index (χ3v) is 1.15. The Balaban J connectivity index is 2.61. The predicted octanol–water partition coefficient (Wildman–Crippen LogP) is 0.462. The van der Waals surface area contributed by atoms with E-state index in [0.29, 0.717) is 0 Å². The quantitative estimate of drug-likeness (QED) is 0.369. The predicted molar refractivity (Wildman–Crippen MR) is 40.6 cm³/mol. The van der Waals surface area contributed by atoms with Crippen LogP contribution < -0.4 is 0 Å². The second kappa shape index (κ2) is 3.23. The summed E-state index contributed by atoms with van der Waals surface area (Å²) < 4.78 is 9.10. The molecule has 0 aromatic heterocycles. The first-order valence-corrected chi connectivity index (χ1v) is 3.26. The molecule has 0 fully saturated rings. The van der Waals surface area contributed by atoms with Crippen molar-refractivity contribution < 1.29 is 19.4 Å². The zero-order valence-corrected chi connectivity index (χ0v) is 6.27. The van der Waals surface area contributed by atoms with E-state index in [9.17, 15) is 9.90 Å².